The van der Waals surface area contributed by atoms with Crippen molar-refractivity contribution in [2.45, 2.75) is 20.3 Å². The summed E-state index contributed by atoms with van der Waals surface area (Å²) in [5, 5.41) is 3.38. The van der Waals surface area contributed by atoms with Crippen LogP contribution in [0.1, 0.15) is 20.3 Å². The van der Waals surface area contributed by atoms with Gasteiger partial charge in [-0.2, -0.15) is 0 Å². The van der Waals surface area contributed by atoms with Crippen LogP contribution in [0.2, 0.25) is 0 Å². The van der Waals surface area contributed by atoms with Crippen LogP contribution in [-0.2, 0) is 0 Å². The van der Waals surface area contributed by atoms with Crippen molar-refractivity contribution < 1.29 is 0 Å². The Morgan fingerprint density at radius 2 is 2.25 bits per heavy atom. The van der Waals surface area contributed by atoms with Gasteiger partial charge in [0.25, 0.3) is 0 Å². The van der Waals surface area contributed by atoms with Crippen LogP contribution in [0.15, 0.2) is 35.6 Å². The van der Waals surface area contributed by atoms with Crippen molar-refractivity contribution in [1.82, 2.24) is 5.32 Å². The lowest BCUT2D eigenvalue weighted by Crippen LogP contribution is -2.04. The van der Waals surface area contributed by atoms with E-state index >= 15 is 0 Å². The zero-order valence-corrected chi connectivity index (χ0v) is 7.72. The molecule has 2 aliphatic rings. The molecule has 0 aromatic heterocycles. The van der Waals surface area contributed by atoms with Gasteiger partial charge in [-0.25, -0.2) is 0 Å². The van der Waals surface area contributed by atoms with E-state index in [-0.39, 0.29) is 5.41 Å². The van der Waals surface area contributed by atoms with Crippen LogP contribution in [0.5, 0.6) is 0 Å². The molecule has 0 bridgehead atoms. The van der Waals surface area contributed by atoms with E-state index in [0.717, 1.165) is 6.54 Å². The molecule has 1 N–H and O–H groups in total. The number of hydrogen-bond donors (Lipinski definition) is 1. The van der Waals surface area contributed by atoms with E-state index < -0.39 is 0 Å². The molecule has 1 heterocycles. The van der Waals surface area contributed by atoms with Gasteiger partial charge < -0.3 is 5.32 Å². The standard InChI is InChI=1S/C11H15N/c1-11(2)6-3-4-10-9(8-11)5-7-12-10/h3-4,6,8,12H,5,7H2,1-2H3. The molecule has 0 saturated carbocycles. The molecule has 12 heavy (non-hydrogen) atoms. The van der Waals surface area contributed by atoms with E-state index in [1.807, 2.05) is 0 Å². The van der Waals surface area contributed by atoms with E-state index in [2.05, 4.69) is 43.5 Å². The first kappa shape index (κ1) is 7.66. The van der Waals surface area contributed by atoms with Crippen LogP contribution in [0, 0.1) is 5.41 Å². The molecule has 1 nitrogen and oxygen atoms in total. The number of nitrogens with one attached hydrogen (secondary N) is 1. The quantitative estimate of drug-likeness (QED) is 0.575. The Kier molecular flexibility index (Phi) is 1.60. The summed E-state index contributed by atoms with van der Waals surface area (Å²) in [6, 6.07) is 0. The summed E-state index contributed by atoms with van der Waals surface area (Å²) in [5.74, 6) is 0. The highest BCUT2D eigenvalue weighted by Gasteiger charge is 2.19. The second-order valence-electron chi connectivity index (χ2n) is 4.11. The molecule has 1 aliphatic heterocycles. The minimum atomic E-state index is 0.222. The van der Waals surface area contributed by atoms with E-state index in [1.165, 1.54) is 17.7 Å². The highest BCUT2D eigenvalue weighted by atomic mass is 14.9. The third-order valence-electron chi connectivity index (χ3n) is 2.39. The summed E-state index contributed by atoms with van der Waals surface area (Å²) in [7, 11) is 0. The summed E-state index contributed by atoms with van der Waals surface area (Å²) in [5.41, 5.74) is 3.02. The van der Waals surface area contributed by atoms with Crippen molar-refractivity contribution in [1.29, 1.82) is 0 Å². The third-order valence-corrected chi connectivity index (χ3v) is 2.39. The van der Waals surface area contributed by atoms with Crippen LogP contribution in [0.25, 0.3) is 0 Å². The topological polar surface area (TPSA) is 12.0 Å². The first-order valence-corrected chi connectivity index (χ1v) is 4.53. The number of rotatable bonds is 0. The minimum absolute atomic E-state index is 0.222. The van der Waals surface area contributed by atoms with Gasteiger partial charge in [-0.1, -0.05) is 32.1 Å². The molecule has 0 spiro atoms. The Morgan fingerprint density at radius 1 is 1.42 bits per heavy atom. The maximum atomic E-state index is 3.38. The number of allylic oxidation sites excluding steroid dienone is 5. The van der Waals surface area contributed by atoms with Crippen molar-refractivity contribution in [3.63, 3.8) is 0 Å². The fourth-order valence-electron chi connectivity index (χ4n) is 1.79. The summed E-state index contributed by atoms with van der Waals surface area (Å²) in [6.07, 6.45) is 10.1. The maximum absolute atomic E-state index is 3.38. The van der Waals surface area contributed by atoms with Gasteiger partial charge in [0.05, 0.1) is 0 Å². The van der Waals surface area contributed by atoms with Gasteiger partial charge >= 0.3 is 0 Å². The average Bonchev–Trinajstić information content (AvgIpc) is 2.31. The molecule has 0 amide bonds. The van der Waals surface area contributed by atoms with Crippen molar-refractivity contribution in [3.8, 4) is 0 Å². The smallest absolute Gasteiger partial charge is 0.0370 e. The van der Waals surface area contributed by atoms with Gasteiger partial charge in [0.15, 0.2) is 0 Å². The van der Waals surface area contributed by atoms with Crippen molar-refractivity contribution in [2.24, 2.45) is 5.41 Å². The molecular weight excluding hydrogens is 146 g/mol. The van der Waals surface area contributed by atoms with E-state index in [1.54, 1.807) is 0 Å². The highest BCUT2D eigenvalue weighted by Crippen LogP contribution is 2.29. The second-order valence-corrected chi connectivity index (χ2v) is 4.11. The van der Waals surface area contributed by atoms with Crippen LogP contribution in [0.3, 0.4) is 0 Å². The largest absolute Gasteiger partial charge is 0.384 e. The summed E-state index contributed by atoms with van der Waals surface area (Å²) in [6.45, 7) is 5.58. The number of fused-ring (bicyclic) bond motifs is 1. The predicted molar refractivity (Wildman–Crippen MR) is 51.7 cm³/mol. The molecule has 0 aromatic rings. The Hall–Kier alpha value is -0.980. The molecule has 0 aromatic carbocycles. The van der Waals surface area contributed by atoms with E-state index in [9.17, 15) is 0 Å². The minimum Gasteiger partial charge on any atom is -0.384 e. The first-order valence-electron chi connectivity index (χ1n) is 4.53. The molecule has 2 rings (SSSR count). The van der Waals surface area contributed by atoms with Gasteiger partial charge in [-0.3, -0.25) is 0 Å². The van der Waals surface area contributed by atoms with Gasteiger partial charge in [-0.05, 0) is 18.1 Å². The lowest BCUT2D eigenvalue weighted by Gasteiger charge is -2.14. The van der Waals surface area contributed by atoms with Crippen molar-refractivity contribution in [3.05, 3.63) is 35.6 Å². The molecule has 1 aliphatic carbocycles. The summed E-state index contributed by atoms with van der Waals surface area (Å²) < 4.78 is 0. The second kappa shape index (κ2) is 2.51. The van der Waals surface area contributed by atoms with Gasteiger partial charge in [-0.15, -0.1) is 0 Å². The Labute approximate surface area is 73.9 Å². The third kappa shape index (κ3) is 1.31. The van der Waals surface area contributed by atoms with Gasteiger partial charge in [0.2, 0.25) is 0 Å². The van der Waals surface area contributed by atoms with E-state index in [4.69, 9.17) is 0 Å². The summed E-state index contributed by atoms with van der Waals surface area (Å²) in [4.78, 5) is 0. The molecule has 0 atom stereocenters. The molecular formula is C11H15N. The summed E-state index contributed by atoms with van der Waals surface area (Å²) >= 11 is 0. The first-order chi connectivity index (χ1) is 5.67. The normalized spacial score (nSPS) is 25.2. The van der Waals surface area contributed by atoms with E-state index in [0.29, 0.717) is 0 Å². The monoisotopic (exact) mass is 161 g/mol. The Morgan fingerprint density at radius 3 is 3.08 bits per heavy atom. The highest BCUT2D eigenvalue weighted by molar-refractivity contribution is 5.40. The predicted octanol–water partition coefficient (Wildman–Crippen LogP) is 2.39. The molecule has 1 saturated heterocycles. The lowest BCUT2D eigenvalue weighted by atomic mass is 9.91. The Balaban J connectivity index is 2.40. The fourth-order valence-corrected chi connectivity index (χ4v) is 1.79. The average molecular weight is 161 g/mol. The number of hydrogen-bond acceptors (Lipinski definition) is 1. The van der Waals surface area contributed by atoms with Gasteiger partial charge in [0.1, 0.15) is 0 Å². The maximum Gasteiger partial charge on any atom is 0.0370 e. The van der Waals surface area contributed by atoms with Gasteiger partial charge in [0, 0.05) is 17.7 Å². The van der Waals surface area contributed by atoms with Crippen LogP contribution in [-0.4, -0.2) is 6.54 Å². The van der Waals surface area contributed by atoms with Crippen LogP contribution in [0.4, 0.5) is 0 Å². The lowest BCUT2D eigenvalue weighted by molar-refractivity contribution is 0.622. The zero-order chi connectivity index (χ0) is 8.60. The molecule has 1 heteroatoms. The van der Waals surface area contributed by atoms with Crippen molar-refractivity contribution in [2.75, 3.05) is 6.54 Å². The molecule has 0 unspecified atom stereocenters. The molecule has 0 radical (unpaired) electrons. The van der Waals surface area contributed by atoms with Crippen molar-refractivity contribution >= 4 is 0 Å². The SMILES string of the molecule is CC1(C)C=CC=C2NCCC2=C1. The fraction of sp³-hybridized carbons (Fsp3) is 0.455. The van der Waals surface area contributed by atoms with Crippen LogP contribution >= 0.6 is 0 Å². The van der Waals surface area contributed by atoms with Crippen LogP contribution < -0.4 is 5.32 Å². The molecule has 64 valence electrons. The zero-order valence-electron chi connectivity index (χ0n) is 7.72. The molecule has 1 fully saturated rings. The Bertz CT molecular complexity index is 279.